The van der Waals surface area contributed by atoms with Gasteiger partial charge in [0.15, 0.2) is 0 Å². The van der Waals surface area contributed by atoms with E-state index in [1.165, 1.54) is 18.2 Å². The number of benzene rings is 2. The lowest BCUT2D eigenvalue weighted by atomic mass is 10.3. The molecular weight excluding hydrogens is 428 g/mol. The average Bonchev–Trinajstić information content (AvgIpc) is 2.59. The molecule has 2 aromatic rings. The third-order valence-electron chi connectivity index (χ3n) is 3.48. The van der Waals surface area contributed by atoms with Gasteiger partial charge in [-0.1, -0.05) is 22.0 Å². The van der Waals surface area contributed by atoms with Crippen LogP contribution >= 0.6 is 15.9 Å². The molecular formula is C16H15BrN2O6S. The third kappa shape index (κ3) is 4.79. The van der Waals surface area contributed by atoms with Gasteiger partial charge < -0.3 is 5.11 Å². The molecule has 0 radical (unpaired) electrons. The number of hydrogen-bond acceptors (Lipinski definition) is 5. The van der Waals surface area contributed by atoms with Crippen LogP contribution in [0.4, 0.5) is 11.4 Å². The van der Waals surface area contributed by atoms with Gasteiger partial charge in [-0.3, -0.25) is 19.2 Å². The number of carboxylic acids is 1. The molecule has 8 nitrogen and oxygen atoms in total. The lowest BCUT2D eigenvalue weighted by Gasteiger charge is -2.24. The fourth-order valence-electron chi connectivity index (χ4n) is 2.25. The predicted molar refractivity (Wildman–Crippen MR) is 98.6 cm³/mol. The standard InChI is InChI=1S/C16H15BrN2O6S/c17-12-6-8-13(9-7-12)18(10-2-5-16(20)21)26(24,25)15-4-1-3-14(11-15)19(22)23/h1,3-4,6-9,11H,2,5,10H2,(H,20,21). The highest BCUT2D eigenvalue weighted by molar-refractivity contribution is 9.10. The van der Waals surface area contributed by atoms with Crippen LogP contribution in [0, 0.1) is 10.1 Å². The number of nitrogens with zero attached hydrogens (tertiary/aromatic N) is 2. The van der Waals surface area contributed by atoms with Crippen molar-refractivity contribution in [3.8, 4) is 0 Å². The molecule has 1 N–H and O–H groups in total. The molecule has 0 amide bonds. The molecule has 0 saturated carbocycles. The van der Waals surface area contributed by atoms with Crippen molar-refractivity contribution in [2.75, 3.05) is 10.8 Å². The van der Waals surface area contributed by atoms with E-state index >= 15 is 0 Å². The zero-order valence-corrected chi connectivity index (χ0v) is 15.8. The fraction of sp³-hybridized carbons (Fsp3) is 0.188. The van der Waals surface area contributed by atoms with Crippen LogP contribution in [0.2, 0.25) is 0 Å². The molecule has 10 heteroatoms. The van der Waals surface area contributed by atoms with Crippen LogP contribution in [-0.4, -0.2) is 31.0 Å². The summed E-state index contributed by atoms with van der Waals surface area (Å²) in [5, 5.41) is 19.7. The van der Waals surface area contributed by atoms with Crippen molar-refractivity contribution in [2.45, 2.75) is 17.7 Å². The quantitative estimate of drug-likeness (QED) is 0.494. The molecule has 0 aliphatic carbocycles. The minimum atomic E-state index is -4.10. The van der Waals surface area contributed by atoms with Crippen molar-refractivity contribution in [1.82, 2.24) is 0 Å². The van der Waals surface area contributed by atoms with Gasteiger partial charge in [0.1, 0.15) is 0 Å². The summed E-state index contributed by atoms with van der Waals surface area (Å²) in [7, 11) is -4.10. The second-order valence-corrected chi connectivity index (χ2v) is 8.08. The van der Waals surface area contributed by atoms with Gasteiger partial charge >= 0.3 is 5.97 Å². The van der Waals surface area contributed by atoms with Crippen LogP contribution in [0.5, 0.6) is 0 Å². The summed E-state index contributed by atoms with van der Waals surface area (Å²) in [6.07, 6.45) is -0.100. The molecule has 0 atom stereocenters. The summed E-state index contributed by atoms with van der Waals surface area (Å²) in [6, 6.07) is 11.2. The second kappa shape index (κ2) is 8.28. The van der Waals surface area contributed by atoms with Crippen LogP contribution in [0.25, 0.3) is 0 Å². The van der Waals surface area contributed by atoms with Gasteiger partial charge in [0.25, 0.3) is 15.7 Å². The van der Waals surface area contributed by atoms with E-state index in [0.29, 0.717) is 5.69 Å². The number of sulfonamides is 1. The number of hydrogen-bond donors (Lipinski definition) is 1. The van der Waals surface area contributed by atoms with Gasteiger partial charge in [0.05, 0.1) is 15.5 Å². The van der Waals surface area contributed by atoms with Crippen LogP contribution in [-0.2, 0) is 14.8 Å². The minimum Gasteiger partial charge on any atom is -0.481 e. The highest BCUT2D eigenvalue weighted by Gasteiger charge is 2.26. The number of carbonyl (C=O) groups is 1. The van der Waals surface area contributed by atoms with Gasteiger partial charge in [-0.2, -0.15) is 0 Å². The Balaban J connectivity index is 2.44. The lowest BCUT2D eigenvalue weighted by Crippen LogP contribution is -2.32. The molecule has 0 saturated heterocycles. The molecule has 0 fully saturated rings. The van der Waals surface area contributed by atoms with E-state index in [4.69, 9.17) is 5.11 Å². The number of anilines is 1. The summed E-state index contributed by atoms with van der Waals surface area (Å²) in [5.74, 6) is -1.03. The summed E-state index contributed by atoms with van der Waals surface area (Å²) < 4.78 is 27.8. The number of nitro groups is 1. The van der Waals surface area contributed by atoms with Crippen molar-refractivity contribution in [2.24, 2.45) is 0 Å². The maximum absolute atomic E-state index is 13.0. The van der Waals surface area contributed by atoms with Gasteiger partial charge in [-0.15, -0.1) is 0 Å². The Morgan fingerprint density at radius 2 is 1.85 bits per heavy atom. The van der Waals surface area contributed by atoms with Gasteiger partial charge in [0.2, 0.25) is 0 Å². The molecule has 2 rings (SSSR count). The Bertz CT molecular complexity index is 915. The molecule has 0 bridgehead atoms. The summed E-state index contributed by atoms with van der Waals surface area (Å²) in [4.78, 5) is 20.8. The molecule has 26 heavy (non-hydrogen) atoms. The molecule has 0 aliphatic rings. The molecule has 0 aliphatic heterocycles. The number of carboxylic acid groups (broad SMARTS) is 1. The summed E-state index contributed by atoms with van der Waals surface area (Å²) in [5.41, 5.74) is -0.00235. The van der Waals surface area contributed by atoms with Crippen molar-refractivity contribution < 1.29 is 23.2 Å². The summed E-state index contributed by atoms with van der Waals surface area (Å²) in [6.45, 7) is -0.0705. The van der Waals surface area contributed by atoms with E-state index in [0.717, 1.165) is 14.8 Å². The first-order valence-electron chi connectivity index (χ1n) is 7.46. The number of aliphatic carboxylic acids is 1. The first-order valence-corrected chi connectivity index (χ1v) is 9.69. The zero-order valence-electron chi connectivity index (χ0n) is 13.4. The first kappa shape index (κ1) is 19.9. The van der Waals surface area contributed by atoms with Crippen molar-refractivity contribution in [3.63, 3.8) is 0 Å². The van der Waals surface area contributed by atoms with Crippen LogP contribution in [0.1, 0.15) is 12.8 Å². The van der Waals surface area contributed by atoms with Gasteiger partial charge in [-0.05, 0) is 36.8 Å². The Morgan fingerprint density at radius 3 is 2.42 bits per heavy atom. The molecule has 0 unspecified atom stereocenters. The van der Waals surface area contributed by atoms with Crippen molar-refractivity contribution >= 4 is 43.3 Å². The lowest BCUT2D eigenvalue weighted by molar-refractivity contribution is -0.385. The third-order valence-corrected chi connectivity index (χ3v) is 5.83. The number of non-ortho nitro benzene ring substituents is 1. The Labute approximate surface area is 158 Å². The Kier molecular flexibility index (Phi) is 6.32. The fourth-order valence-corrected chi connectivity index (χ4v) is 4.06. The number of rotatable bonds is 8. The van der Waals surface area contributed by atoms with E-state index in [1.54, 1.807) is 24.3 Å². The average molecular weight is 443 g/mol. The van der Waals surface area contributed by atoms with Crippen molar-refractivity contribution in [3.05, 3.63) is 63.1 Å². The van der Waals surface area contributed by atoms with E-state index in [9.17, 15) is 23.3 Å². The molecule has 0 spiro atoms. The van der Waals surface area contributed by atoms with Crippen LogP contribution in [0.3, 0.4) is 0 Å². The number of halogens is 1. The topological polar surface area (TPSA) is 118 Å². The molecule has 138 valence electrons. The smallest absolute Gasteiger partial charge is 0.303 e. The van der Waals surface area contributed by atoms with Crippen LogP contribution in [0.15, 0.2) is 57.9 Å². The van der Waals surface area contributed by atoms with E-state index in [2.05, 4.69) is 15.9 Å². The van der Waals surface area contributed by atoms with E-state index in [-0.39, 0.29) is 30.0 Å². The van der Waals surface area contributed by atoms with E-state index in [1.807, 2.05) is 0 Å². The maximum Gasteiger partial charge on any atom is 0.303 e. The van der Waals surface area contributed by atoms with E-state index < -0.39 is 20.9 Å². The van der Waals surface area contributed by atoms with Crippen LogP contribution < -0.4 is 4.31 Å². The molecule has 0 aromatic heterocycles. The Hall–Kier alpha value is -2.46. The van der Waals surface area contributed by atoms with Crippen molar-refractivity contribution in [1.29, 1.82) is 0 Å². The Morgan fingerprint density at radius 1 is 1.19 bits per heavy atom. The SMILES string of the molecule is O=C(O)CCCN(c1ccc(Br)cc1)S(=O)(=O)c1cccc([N+](=O)[O-])c1. The highest BCUT2D eigenvalue weighted by atomic mass is 79.9. The highest BCUT2D eigenvalue weighted by Crippen LogP contribution is 2.27. The number of nitro benzene ring substituents is 1. The monoisotopic (exact) mass is 442 g/mol. The molecule has 2 aromatic carbocycles. The largest absolute Gasteiger partial charge is 0.481 e. The predicted octanol–water partition coefficient (Wildman–Crippen LogP) is 3.42. The second-order valence-electron chi connectivity index (χ2n) is 5.31. The zero-order chi connectivity index (χ0) is 19.3. The first-order chi connectivity index (χ1) is 12.2. The summed E-state index contributed by atoms with van der Waals surface area (Å²) >= 11 is 3.27. The maximum atomic E-state index is 13.0. The van der Waals surface area contributed by atoms with Gasteiger partial charge in [-0.25, -0.2) is 8.42 Å². The normalized spacial score (nSPS) is 11.1. The molecule has 0 heterocycles. The van der Waals surface area contributed by atoms with Gasteiger partial charge in [0, 0.05) is 29.6 Å². The minimum absolute atomic E-state index is 0.0705.